The number of benzene rings is 3. The van der Waals surface area contributed by atoms with E-state index in [1.807, 2.05) is 49.4 Å². The fraction of sp³-hybridized carbons (Fsp3) is 0.250. The molecule has 8 nitrogen and oxygen atoms in total. The molecule has 1 heterocycles. The van der Waals surface area contributed by atoms with E-state index in [1.54, 1.807) is 36.7 Å². The summed E-state index contributed by atoms with van der Waals surface area (Å²) < 4.78 is 29.2. The molecule has 1 aromatic heterocycles. The van der Waals surface area contributed by atoms with Crippen LogP contribution in [0.3, 0.4) is 0 Å². The lowest BCUT2D eigenvalue weighted by molar-refractivity contribution is -0.384. The monoisotopic (exact) mass is 518 g/mol. The number of aryl methyl sites for hydroxylation is 2. The lowest BCUT2D eigenvalue weighted by atomic mass is 10.0. The van der Waals surface area contributed by atoms with E-state index >= 15 is 0 Å². The van der Waals surface area contributed by atoms with Crippen molar-refractivity contribution in [3.63, 3.8) is 0 Å². The SMILES string of the molecule is CCc1cc([N+](=O)[O-])ccc1CCCNCCNS(=O)(=O)c1cc(-c2ccccc2)cc2cnccc12. The predicted octanol–water partition coefficient (Wildman–Crippen LogP) is 4.87. The summed E-state index contributed by atoms with van der Waals surface area (Å²) in [6, 6.07) is 20.1. The first-order valence-corrected chi connectivity index (χ1v) is 13.8. The molecule has 0 bridgehead atoms. The summed E-state index contributed by atoms with van der Waals surface area (Å²) in [5.74, 6) is 0. The van der Waals surface area contributed by atoms with Crippen LogP contribution in [0.15, 0.2) is 84.0 Å². The summed E-state index contributed by atoms with van der Waals surface area (Å²) in [7, 11) is -3.75. The molecule has 0 saturated heterocycles. The Bertz CT molecular complexity index is 1490. The third kappa shape index (κ3) is 6.56. The van der Waals surface area contributed by atoms with Crippen LogP contribution in [0.5, 0.6) is 0 Å². The Morgan fingerprint density at radius 2 is 1.73 bits per heavy atom. The molecule has 0 fully saturated rings. The smallest absolute Gasteiger partial charge is 0.269 e. The number of fused-ring (bicyclic) bond motifs is 1. The maximum absolute atomic E-state index is 13.2. The molecule has 4 rings (SSSR count). The maximum atomic E-state index is 13.2. The van der Waals surface area contributed by atoms with E-state index < -0.39 is 10.0 Å². The number of nitrogens with one attached hydrogen (secondary N) is 2. The van der Waals surface area contributed by atoms with Gasteiger partial charge in [-0.2, -0.15) is 0 Å². The second kappa shape index (κ2) is 12.1. The summed E-state index contributed by atoms with van der Waals surface area (Å²) >= 11 is 0. The van der Waals surface area contributed by atoms with Gasteiger partial charge < -0.3 is 5.32 Å². The summed E-state index contributed by atoms with van der Waals surface area (Å²) in [6.45, 7) is 3.43. The molecule has 3 aromatic carbocycles. The second-order valence-electron chi connectivity index (χ2n) is 8.75. The number of aromatic nitrogens is 1. The van der Waals surface area contributed by atoms with E-state index in [0.717, 1.165) is 46.9 Å². The van der Waals surface area contributed by atoms with Gasteiger partial charge in [-0.25, -0.2) is 13.1 Å². The van der Waals surface area contributed by atoms with Crippen molar-refractivity contribution in [3.8, 4) is 11.1 Å². The quantitative estimate of drug-likeness (QED) is 0.157. The van der Waals surface area contributed by atoms with Crippen molar-refractivity contribution in [1.29, 1.82) is 0 Å². The molecular weight excluding hydrogens is 488 g/mol. The summed E-state index contributed by atoms with van der Waals surface area (Å²) in [5.41, 5.74) is 3.96. The van der Waals surface area contributed by atoms with Gasteiger partial charge in [0, 0.05) is 48.4 Å². The zero-order valence-electron chi connectivity index (χ0n) is 20.7. The molecule has 0 aliphatic rings. The highest BCUT2D eigenvalue weighted by molar-refractivity contribution is 7.89. The van der Waals surface area contributed by atoms with Gasteiger partial charge in [0.15, 0.2) is 0 Å². The number of hydrogen-bond donors (Lipinski definition) is 2. The van der Waals surface area contributed by atoms with Crippen molar-refractivity contribution < 1.29 is 13.3 Å². The number of nitrogens with zero attached hydrogens (tertiary/aromatic N) is 2. The minimum absolute atomic E-state index is 0.115. The number of nitro benzene ring substituents is 1. The lowest BCUT2D eigenvalue weighted by Gasteiger charge is -2.13. The standard InChI is InChI=1S/C28H30N4O4S/c1-2-21-18-26(32(33)34)11-10-23(21)9-6-13-29-15-16-31-37(35,36)28-19-24(22-7-4-3-5-8-22)17-25-20-30-14-12-27(25)28/h3-5,7-8,10-12,14,17-20,29,31H,2,6,9,13,15-16H2,1H3. The Kier molecular flexibility index (Phi) is 8.60. The van der Waals surface area contributed by atoms with Crippen LogP contribution in [-0.2, 0) is 22.9 Å². The molecule has 0 aliphatic heterocycles. The third-order valence-corrected chi connectivity index (χ3v) is 7.79. The number of hydrogen-bond acceptors (Lipinski definition) is 6. The fourth-order valence-corrected chi connectivity index (χ4v) is 5.66. The van der Waals surface area contributed by atoms with Crippen molar-refractivity contribution in [2.24, 2.45) is 0 Å². The van der Waals surface area contributed by atoms with Gasteiger partial charge in [0.2, 0.25) is 10.0 Å². The summed E-state index contributed by atoms with van der Waals surface area (Å²) in [4.78, 5) is 15.0. The molecule has 9 heteroatoms. The van der Waals surface area contributed by atoms with Gasteiger partial charge in [0.05, 0.1) is 9.82 Å². The van der Waals surface area contributed by atoms with Gasteiger partial charge in [0.1, 0.15) is 0 Å². The van der Waals surface area contributed by atoms with Crippen LogP contribution in [0.1, 0.15) is 24.5 Å². The highest BCUT2D eigenvalue weighted by atomic mass is 32.2. The van der Waals surface area contributed by atoms with Crippen molar-refractivity contribution in [1.82, 2.24) is 15.0 Å². The van der Waals surface area contributed by atoms with E-state index in [0.29, 0.717) is 18.5 Å². The molecule has 2 N–H and O–H groups in total. The number of nitro groups is 1. The molecule has 0 spiro atoms. The lowest BCUT2D eigenvalue weighted by Crippen LogP contribution is -2.32. The number of pyridine rings is 1. The van der Waals surface area contributed by atoms with Crippen LogP contribution < -0.4 is 10.0 Å². The Morgan fingerprint density at radius 3 is 2.49 bits per heavy atom. The first kappa shape index (κ1) is 26.4. The van der Waals surface area contributed by atoms with Crippen LogP contribution >= 0.6 is 0 Å². The van der Waals surface area contributed by atoms with Gasteiger partial charge in [0.25, 0.3) is 5.69 Å². The van der Waals surface area contributed by atoms with E-state index in [4.69, 9.17) is 0 Å². The molecule has 0 unspecified atom stereocenters. The highest BCUT2D eigenvalue weighted by Crippen LogP contribution is 2.30. The van der Waals surface area contributed by atoms with E-state index in [9.17, 15) is 18.5 Å². The normalized spacial score (nSPS) is 11.6. The molecule has 0 atom stereocenters. The van der Waals surface area contributed by atoms with Crippen molar-refractivity contribution in [3.05, 3.63) is 100 Å². The molecule has 4 aromatic rings. The van der Waals surface area contributed by atoms with Crippen LogP contribution in [-0.4, -0.2) is 38.0 Å². The number of non-ortho nitro benzene ring substituents is 1. The zero-order valence-corrected chi connectivity index (χ0v) is 21.5. The Hall–Kier alpha value is -3.66. The van der Waals surface area contributed by atoms with Crippen molar-refractivity contribution in [2.45, 2.75) is 31.1 Å². The largest absolute Gasteiger partial charge is 0.315 e. The molecular formula is C28H30N4O4S. The predicted molar refractivity (Wildman–Crippen MR) is 146 cm³/mol. The Morgan fingerprint density at radius 1 is 0.919 bits per heavy atom. The van der Waals surface area contributed by atoms with Gasteiger partial charge in [-0.1, -0.05) is 43.3 Å². The molecule has 0 radical (unpaired) electrons. The average Bonchev–Trinajstić information content (AvgIpc) is 2.92. The maximum Gasteiger partial charge on any atom is 0.269 e. The van der Waals surface area contributed by atoms with Gasteiger partial charge in [-0.3, -0.25) is 15.1 Å². The minimum atomic E-state index is -3.75. The average molecular weight is 519 g/mol. The Labute approximate surface area is 217 Å². The molecule has 0 amide bonds. The van der Waals surface area contributed by atoms with Gasteiger partial charge in [-0.15, -0.1) is 0 Å². The van der Waals surface area contributed by atoms with Crippen LogP contribution in [0.2, 0.25) is 0 Å². The van der Waals surface area contributed by atoms with E-state index in [1.165, 1.54) is 0 Å². The molecule has 0 aliphatic carbocycles. The van der Waals surface area contributed by atoms with Crippen molar-refractivity contribution >= 4 is 26.5 Å². The number of sulfonamides is 1. The number of rotatable bonds is 12. The summed E-state index contributed by atoms with van der Waals surface area (Å²) in [5, 5.41) is 15.7. The highest BCUT2D eigenvalue weighted by Gasteiger charge is 2.19. The van der Waals surface area contributed by atoms with Crippen molar-refractivity contribution in [2.75, 3.05) is 19.6 Å². The molecule has 37 heavy (non-hydrogen) atoms. The topological polar surface area (TPSA) is 114 Å². The Balaban J connectivity index is 1.34. The first-order chi connectivity index (χ1) is 17.9. The fourth-order valence-electron chi connectivity index (χ4n) is 4.37. The molecule has 192 valence electrons. The minimum Gasteiger partial charge on any atom is -0.315 e. The van der Waals surface area contributed by atoms with Crippen LogP contribution in [0.25, 0.3) is 21.9 Å². The first-order valence-electron chi connectivity index (χ1n) is 12.3. The molecule has 0 saturated carbocycles. The van der Waals surface area contributed by atoms with Gasteiger partial charge in [-0.05, 0) is 66.3 Å². The summed E-state index contributed by atoms with van der Waals surface area (Å²) in [6.07, 6.45) is 5.65. The van der Waals surface area contributed by atoms with E-state index in [2.05, 4.69) is 15.0 Å². The third-order valence-electron chi connectivity index (χ3n) is 6.29. The zero-order chi connectivity index (χ0) is 26.3. The van der Waals surface area contributed by atoms with Crippen LogP contribution in [0.4, 0.5) is 5.69 Å². The second-order valence-corrected chi connectivity index (χ2v) is 10.5. The van der Waals surface area contributed by atoms with Gasteiger partial charge >= 0.3 is 0 Å². The van der Waals surface area contributed by atoms with E-state index in [-0.39, 0.29) is 22.1 Å². The van der Waals surface area contributed by atoms with Crippen LogP contribution in [0, 0.1) is 10.1 Å².